The molecule has 0 aliphatic heterocycles. The van der Waals surface area contributed by atoms with E-state index < -0.39 is 0 Å². The number of benzene rings is 3. The van der Waals surface area contributed by atoms with Crippen LogP contribution in [0.1, 0.15) is 37.2 Å². The van der Waals surface area contributed by atoms with Crippen molar-refractivity contribution in [2.75, 3.05) is 6.61 Å². The molecule has 0 fully saturated rings. The molecule has 0 aliphatic rings. The number of hydrogen-bond donors (Lipinski definition) is 0. The van der Waals surface area contributed by atoms with Crippen LogP contribution < -0.4 is 15.0 Å². The fraction of sp³-hybridized carbons (Fsp3) is 0.222. The van der Waals surface area contributed by atoms with Crippen molar-refractivity contribution in [3.63, 3.8) is 0 Å². The average Bonchev–Trinajstić information content (AvgIpc) is 2.86. The quantitative estimate of drug-likeness (QED) is 0.192. The van der Waals surface area contributed by atoms with Gasteiger partial charge < -0.3 is 9.47 Å². The predicted octanol–water partition coefficient (Wildman–Crippen LogP) is 6.87. The summed E-state index contributed by atoms with van der Waals surface area (Å²) in [5.41, 5.74) is 1.52. The second-order valence-corrected chi connectivity index (χ2v) is 9.70. The Kier molecular flexibility index (Phi) is 8.53. The number of nitrogens with zero attached hydrogens (tertiary/aromatic N) is 3. The van der Waals surface area contributed by atoms with Gasteiger partial charge in [0.25, 0.3) is 5.56 Å². The molecular formula is C27H24Br2FN3O3. The second-order valence-electron chi connectivity index (χ2n) is 7.93. The van der Waals surface area contributed by atoms with E-state index in [1.165, 1.54) is 10.7 Å². The smallest absolute Gasteiger partial charge is 0.282 e. The lowest BCUT2D eigenvalue weighted by molar-refractivity contribution is 0.265. The number of halogens is 3. The summed E-state index contributed by atoms with van der Waals surface area (Å²) < 4.78 is 28.5. The third kappa shape index (κ3) is 5.84. The summed E-state index contributed by atoms with van der Waals surface area (Å²) in [5.74, 6) is 1.20. The van der Waals surface area contributed by atoms with E-state index in [0.29, 0.717) is 56.9 Å². The summed E-state index contributed by atoms with van der Waals surface area (Å²) in [7, 11) is 0. The summed E-state index contributed by atoms with van der Waals surface area (Å²) in [6.07, 6.45) is 3.00. The van der Waals surface area contributed by atoms with Gasteiger partial charge in [-0.3, -0.25) is 4.79 Å². The standard InChI is InChI=1S/C27H24Br2FN3O3/c1-3-7-26-32-23-11-10-19(28)13-20(23)27(34)33(26)31-15-18-12-24(35-4-2)25(14-21(18)29)36-16-17-8-5-6-9-22(17)30/h5-6,8-15H,3-4,7,16H2,1-2H3. The summed E-state index contributed by atoms with van der Waals surface area (Å²) in [5, 5.41) is 4.98. The maximum Gasteiger partial charge on any atom is 0.282 e. The highest BCUT2D eigenvalue weighted by molar-refractivity contribution is 9.10. The minimum Gasteiger partial charge on any atom is -0.490 e. The van der Waals surface area contributed by atoms with Crippen LogP contribution in [0.4, 0.5) is 4.39 Å². The number of rotatable bonds is 9. The molecule has 186 valence electrons. The van der Waals surface area contributed by atoms with Crippen molar-refractivity contribution in [1.82, 2.24) is 9.66 Å². The lowest BCUT2D eigenvalue weighted by Crippen LogP contribution is -2.22. The Balaban J connectivity index is 1.70. The van der Waals surface area contributed by atoms with Gasteiger partial charge in [-0.25, -0.2) is 9.37 Å². The topological polar surface area (TPSA) is 65.7 Å². The van der Waals surface area contributed by atoms with Gasteiger partial charge in [-0.15, -0.1) is 0 Å². The van der Waals surface area contributed by atoms with Gasteiger partial charge in [0.15, 0.2) is 11.5 Å². The van der Waals surface area contributed by atoms with E-state index >= 15 is 0 Å². The molecule has 1 heterocycles. The Labute approximate surface area is 225 Å². The SMILES string of the molecule is CCCc1nc2ccc(Br)cc2c(=O)n1N=Cc1cc(OCC)c(OCc2ccccc2F)cc1Br. The van der Waals surface area contributed by atoms with Gasteiger partial charge in [0.1, 0.15) is 18.2 Å². The predicted molar refractivity (Wildman–Crippen MR) is 147 cm³/mol. The summed E-state index contributed by atoms with van der Waals surface area (Å²) in [6.45, 7) is 4.36. The molecule has 0 radical (unpaired) electrons. The largest absolute Gasteiger partial charge is 0.490 e. The zero-order valence-electron chi connectivity index (χ0n) is 19.8. The van der Waals surface area contributed by atoms with Gasteiger partial charge in [0, 0.05) is 26.5 Å². The van der Waals surface area contributed by atoms with Crippen LogP contribution in [0.15, 0.2) is 73.4 Å². The normalized spacial score (nSPS) is 11.4. The van der Waals surface area contributed by atoms with Gasteiger partial charge in [0.2, 0.25) is 0 Å². The molecule has 0 atom stereocenters. The monoisotopic (exact) mass is 615 g/mol. The van der Waals surface area contributed by atoms with Crippen LogP contribution >= 0.6 is 31.9 Å². The van der Waals surface area contributed by atoms with E-state index in [4.69, 9.17) is 9.47 Å². The summed E-state index contributed by atoms with van der Waals surface area (Å²) in [6, 6.07) is 15.4. The molecule has 4 aromatic rings. The van der Waals surface area contributed by atoms with Gasteiger partial charge in [-0.2, -0.15) is 9.78 Å². The van der Waals surface area contributed by atoms with Gasteiger partial charge in [-0.1, -0.05) is 41.1 Å². The third-order valence-corrected chi connectivity index (χ3v) is 6.55. The molecule has 0 aliphatic carbocycles. The van der Waals surface area contributed by atoms with Crippen molar-refractivity contribution in [2.24, 2.45) is 5.10 Å². The molecule has 0 spiro atoms. The molecular weight excluding hydrogens is 593 g/mol. The fourth-order valence-corrected chi connectivity index (χ4v) is 4.41. The van der Waals surface area contributed by atoms with Crippen LogP contribution in [-0.4, -0.2) is 22.5 Å². The molecule has 0 bridgehead atoms. The van der Waals surface area contributed by atoms with Crippen LogP contribution in [0.2, 0.25) is 0 Å². The first-order valence-corrected chi connectivity index (χ1v) is 13.1. The van der Waals surface area contributed by atoms with Crippen molar-refractivity contribution in [3.05, 3.63) is 96.7 Å². The molecule has 4 rings (SSSR count). The minimum atomic E-state index is -0.331. The zero-order chi connectivity index (χ0) is 25.7. The van der Waals surface area contributed by atoms with Crippen molar-refractivity contribution in [2.45, 2.75) is 33.3 Å². The summed E-state index contributed by atoms with van der Waals surface area (Å²) >= 11 is 6.97. The Hall–Kier alpha value is -3.04. The average molecular weight is 617 g/mol. The molecule has 0 amide bonds. The van der Waals surface area contributed by atoms with E-state index in [9.17, 15) is 9.18 Å². The first kappa shape index (κ1) is 26.0. The van der Waals surface area contributed by atoms with Crippen molar-refractivity contribution < 1.29 is 13.9 Å². The van der Waals surface area contributed by atoms with Crippen LogP contribution in [0, 0.1) is 5.82 Å². The highest BCUT2D eigenvalue weighted by Gasteiger charge is 2.13. The Morgan fingerprint density at radius 3 is 2.58 bits per heavy atom. The zero-order valence-corrected chi connectivity index (χ0v) is 23.0. The van der Waals surface area contributed by atoms with Crippen LogP contribution in [0.25, 0.3) is 10.9 Å². The third-order valence-electron chi connectivity index (χ3n) is 5.37. The van der Waals surface area contributed by atoms with Crippen molar-refractivity contribution in [1.29, 1.82) is 0 Å². The maximum atomic E-state index is 14.0. The molecule has 36 heavy (non-hydrogen) atoms. The molecule has 0 unspecified atom stereocenters. The van der Waals surface area contributed by atoms with E-state index in [2.05, 4.69) is 41.9 Å². The van der Waals surface area contributed by atoms with Crippen molar-refractivity contribution in [3.8, 4) is 11.5 Å². The van der Waals surface area contributed by atoms with Gasteiger partial charge >= 0.3 is 0 Å². The molecule has 1 aromatic heterocycles. The van der Waals surface area contributed by atoms with Gasteiger partial charge in [0.05, 0.1) is 23.7 Å². The lowest BCUT2D eigenvalue weighted by atomic mass is 10.2. The van der Waals surface area contributed by atoms with Gasteiger partial charge in [-0.05, 0) is 65.7 Å². The van der Waals surface area contributed by atoms with E-state index in [0.717, 1.165) is 10.9 Å². The first-order valence-electron chi connectivity index (χ1n) is 11.5. The number of ether oxygens (including phenoxy) is 2. The van der Waals surface area contributed by atoms with E-state index in [1.807, 2.05) is 26.0 Å². The molecule has 6 nitrogen and oxygen atoms in total. The Morgan fingerprint density at radius 1 is 1.06 bits per heavy atom. The first-order chi connectivity index (χ1) is 17.4. The van der Waals surface area contributed by atoms with Crippen LogP contribution in [-0.2, 0) is 13.0 Å². The lowest BCUT2D eigenvalue weighted by Gasteiger charge is -2.14. The second kappa shape index (κ2) is 11.8. The van der Waals surface area contributed by atoms with Crippen molar-refractivity contribution >= 4 is 49.0 Å². The molecule has 0 saturated carbocycles. The number of aryl methyl sites for hydroxylation is 1. The highest BCUT2D eigenvalue weighted by Crippen LogP contribution is 2.34. The fourth-order valence-electron chi connectivity index (χ4n) is 3.62. The number of aromatic nitrogens is 2. The molecule has 3 aromatic carbocycles. The molecule has 0 N–H and O–H groups in total. The maximum absolute atomic E-state index is 14.0. The number of fused-ring (bicyclic) bond motifs is 1. The minimum absolute atomic E-state index is 0.0563. The molecule has 9 heteroatoms. The summed E-state index contributed by atoms with van der Waals surface area (Å²) in [4.78, 5) is 17.9. The Bertz CT molecular complexity index is 1490. The highest BCUT2D eigenvalue weighted by atomic mass is 79.9. The van der Waals surface area contributed by atoms with E-state index in [1.54, 1.807) is 42.6 Å². The Morgan fingerprint density at radius 2 is 1.83 bits per heavy atom. The van der Waals surface area contributed by atoms with Crippen LogP contribution in [0.3, 0.4) is 0 Å². The van der Waals surface area contributed by atoms with Crippen LogP contribution in [0.5, 0.6) is 11.5 Å². The number of hydrogen-bond acceptors (Lipinski definition) is 5. The molecule has 0 saturated heterocycles. The van der Waals surface area contributed by atoms with E-state index in [-0.39, 0.29) is 18.0 Å².